The predicted molar refractivity (Wildman–Crippen MR) is 146 cm³/mol. The molecule has 190 valence electrons. The van der Waals surface area contributed by atoms with Crippen molar-refractivity contribution in [2.75, 3.05) is 17.7 Å². The van der Waals surface area contributed by atoms with Crippen LogP contribution in [0.2, 0.25) is 0 Å². The van der Waals surface area contributed by atoms with Crippen molar-refractivity contribution in [3.05, 3.63) is 80.7 Å². The molecule has 3 rings (SSSR count). The first-order valence-corrected chi connectivity index (χ1v) is 13.4. The van der Waals surface area contributed by atoms with E-state index in [2.05, 4.69) is 42.5 Å². The van der Waals surface area contributed by atoms with Gasteiger partial charge in [-0.2, -0.15) is 13.7 Å². The average molecular weight is 649 g/mol. The average Bonchev–Trinajstić information content (AvgIpc) is 2.85. The van der Waals surface area contributed by atoms with E-state index in [0.717, 1.165) is 4.47 Å². The highest BCUT2D eigenvalue weighted by Gasteiger charge is 2.22. The number of nitrogens with one attached hydrogen (secondary N) is 2. The standard InChI is InChI=1S/C25H19Br2N3O6S/c1-15(31)29-19-7-9-21(10-8-19)37(33,34)36-24-22(27)12-16(13-23(24)35-2)11-17(14-28)25(32)30-20-5-3-18(26)4-6-20/h3-13H,1-2H3,(H,29,31)(H,30,32)/b17-11+. The quantitative estimate of drug-likeness (QED) is 0.187. The third-order valence-corrected chi connectivity index (χ3v) is 7.04. The first-order chi connectivity index (χ1) is 17.5. The van der Waals surface area contributed by atoms with E-state index in [1.165, 1.54) is 56.5 Å². The summed E-state index contributed by atoms with van der Waals surface area (Å²) >= 11 is 6.59. The topological polar surface area (TPSA) is 135 Å². The monoisotopic (exact) mass is 647 g/mol. The number of carbonyl (C=O) groups is 2. The summed E-state index contributed by atoms with van der Waals surface area (Å²) in [6, 6.07) is 17.1. The largest absolute Gasteiger partial charge is 0.493 e. The summed E-state index contributed by atoms with van der Waals surface area (Å²) in [5, 5.41) is 14.7. The van der Waals surface area contributed by atoms with Crippen LogP contribution in [0, 0.1) is 11.3 Å². The summed E-state index contributed by atoms with van der Waals surface area (Å²) in [4.78, 5) is 23.6. The second kappa shape index (κ2) is 12.1. The number of nitrogens with zero attached hydrogens (tertiary/aromatic N) is 1. The minimum Gasteiger partial charge on any atom is -0.493 e. The maximum atomic E-state index is 12.9. The predicted octanol–water partition coefficient (Wildman–Crippen LogP) is 5.49. The lowest BCUT2D eigenvalue weighted by Gasteiger charge is -2.14. The van der Waals surface area contributed by atoms with Crippen LogP contribution in [0.25, 0.3) is 6.08 Å². The second-order valence-corrected chi connectivity index (χ2v) is 10.7. The highest BCUT2D eigenvalue weighted by atomic mass is 79.9. The molecule has 12 heteroatoms. The maximum absolute atomic E-state index is 12.9. The van der Waals surface area contributed by atoms with Gasteiger partial charge in [0, 0.05) is 22.8 Å². The van der Waals surface area contributed by atoms with E-state index >= 15 is 0 Å². The van der Waals surface area contributed by atoms with Gasteiger partial charge in [0.05, 0.1) is 11.6 Å². The second-order valence-electron chi connectivity index (χ2n) is 7.41. The van der Waals surface area contributed by atoms with Crippen molar-refractivity contribution < 1.29 is 26.9 Å². The number of methoxy groups -OCH3 is 1. The molecule has 9 nitrogen and oxygen atoms in total. The summed E-state index contributed by atoms with van der Waals surface area (Å²) in [7, 11) is -2.94. The Labute approximate surface area is 230 Å². The zero-order valence-electron chi connectivity index (χ0n) is 19.4. The summed E-state index contributed by atoms with van der Waals surface area (Å²) in [5.74, 6) is -0.987. The van der Waals surface area contributed by atoms with Crippen molar-refractivity contribution in [2.45, 2.75) is 11.8 Å². The van der Waals surface area contributed by atoms with Crippen LogP contribution < -0.4 is 19.6 Å². The number of carbonyl (C=O) groups excluding carboxylic acids is 2. The summed E-state index contributed by atoms with van der Waals surface area (Å²) in [6.07, 6.45) is 1.33. The molecule has 0 aliphatic rings. The van der Waals surface area contributed by atoms with Gasteiger partial charge in [0.25, 0.3) is 5.91 Å². The van der Waals surface area contributed by atoms with Crippen molar-refractivity contribution in [3.8, 4) is 17.6 Å². The molecular formula is C25H19Br2N3O6S. The number of hydrogen-bond acceptors (Lipinski definition) is 7. The van der Waals surface area contributed by atoms with E-state index in [4.69, 9.17) is 8.92 Å². The Morgan fingerprint density at radius 1 is 0.973 bits per heavy atom. The third-order valence-electron chi connectivity index (χ3n) is 4.69. The van der Waals surface area contributed by atoms with E-state index in [9.17, 15) is 23.3 Å². The van der Waals surface area contributed by atoms with Crippen LogP contribution >= 0.6 is 31.9 Å². The van der Waals surface area contributed by atoms with Gasteiger partial charge < -0.3 is 19.6 Å². The number of ether oxygens (including phenoxy) is 1. The molecule has 0 atom stereocenters. The minimum atomic E-state index is -4.26. The molecule has 0 aliphatic heterocycles. The Morgan fingerprint density at radius 3 is 2.14 bits per heavy atom. The molecule has 0 radical (unpaired) electrons. The van der Waals surface area contributed by atoms with Gasteiger partial charge in [-0.3, -0.25) is 9.59 Å². The molecule has 2 N–H and O–H groups in total. The number of nitriles is 1. The number of benzene rings is 3. The third kappa shape index (κ3) is 7.42. The van der Waals surface area contributed by atoms with Gasteiger partial charge in [0.15, 0.2) is 11.5 Å². The number of anilines is 2. The first-order valence-electron chi connectivity index (χ1n) is 10.4. The van der Waals surface area contributed by atoms with E-state index in [-0.39, 0.29) is 32.3 Å². The van der Waals surface area contributed by atoms with Gasteiger partial charge in [0.1, 0.15) is 16.5 Å². The molecule has 3 aromatic rings. The lowest BCUT2D eigenvalue weighted by Crippen LogP contribution is -2.13. The molecule has 0 spiro atoms. The van der Waals surface area contributed by atoms with Crippen LogP contribution in [-0.2, 0) is 19.7 Å². The maximum Gasteiger partial charge on any atom is 0.339 e. The van der Waals surface area contributed by atoms with Gasteiger partial charge in [0.2, 0.25) is 5.91 Å². The number of amides is 2. The molecule has 0 saturated heterocycles. The van der Waals surface area contributed by atoms with E-state index in [1.807, 2.05) is 6.07 Å². The normalized spacial score (nSPS) is 11.3. The highest BCUT2D eigenvalue weighted by molar-refractivity contribution is 9.10. The van der Waals surface area contributed by atoms with Crippen LogP contribution in [-0.4, -0.2) is 27.3 Å². The van der Waals surface area contributed by atoms with Crippen LogP contribution in [0.15, 0.2) is 80.1 Å². The van der Waals surface area contributed by atoms with Crippen LogP contribution in [0.1, 0.15) is 12.5 Å². The fourth-order valence-corrected chi connectivity index (χ4v) is 4.89. The van der Waals surface area contributed by atoms with Crippen LogP contribution in [0.4, 0.5) is 11.4 Å². The van der Waals surface area contributed by atoms with Gasteiger partial charge >= 0.3 is 10.1 Å². The molecule has 0 unspecified atom stereocenters. The Kier molecular flexibility index (Phi) is 9.09. The highest BCUT2D eigenvalue weighted by Crippen LogP contribution is 2.39. The fraction of sp³-hybridized carbons (Fsp3) is 0.0800. The van der Waals surface area contributed by atoms with Gasteiger partial charge in [-0.05, 0) is 88.2 Å². The summed E-state index contributed by atoms with van der Waals surface area (Å²) in [5.41, 5.74) is 1.14. The molecule has 2 amide bonds. The zero-order chi connectivity index (χ0) is 27.2. The Bertz CT molecular complexity index is 1510. The fourth-order valence-electron chi connectivity index (χ4n) is 3.02. The molecule has 37 heavy (non-hydrogen) atoms. The van der Waals surface area contributed by atoms with E-state index in [1.54, 1.807) is 24.3 Å². The van der Waals surface area contributed by atoms with Gasteiger partial charge in [-0.25, -0.2) is 0 Å². The molecule has 3 aromatic carbocycles. The van der Waals surface area contributed by atoms with E-state index < -0.39 is 16.0 Å². The van der Waals surface area contributed by atoms with Crippen LogP contribution in [0.5, 0.6) is 11.5 Å². The minimum absolute atomic E-state index is 0.0460. The van der Waals surface area contributed by atoms with Crippen molar-refractivity contribution in [3.63, 3.8) is 0 Å². The molecule has 0 bridgehead atoms. The Hall–Kier alpha value is -3.66. The SMILES string of the molecule is COc1cc(/C=C(\C#N)C(=O)Nc2ccc(Br)cc2)cc(Br)c1OS(=O)(=O)c1ccc(NC(C)=O)cc1. The molecule has 0 fully saturated rings. The number of hydrogen-bond donors (Lipinski definition) is 2. The molecular weight excluding hydrogens is 630 g/mol. The molecule has 0 aliphatic carbocycles. The smallest absolute Gasteiger partial charge is 0.339 e. The lowest BCUT2D eigenvalue weighted by atomic mass is 10.1. The Morgan fingerprint density at radius 2 is 1.57 bits per heavy atom. The number of halogens is 2. The van der Waals surface area contributed by atoms with Crippen LogP contribution in [0.3, 0.4) is 0 Å². The summed E-state index contributed by atoms with van der Waals surface area (Å²) in [6.45, 7) is 1.34. The van der Waals surface area contributed by atoms with Crippen molar-refractivity contribution >= 4 is 71.2 Å². The van der Waals surface area contributed by atoms with Gasteiger partial charge in [-0.15, -0.1) is 0 Å². The Balaban J connectivity index is 1.87. The molecule has 0 saturated carbocycles. The van der Waals surface area contributed by atoms with Crippen molar-refractivity contribution in [2.24, 2.45) is 0 Å². The zero-order valence-corrected chi connectivity index (χ0v) is 23.4. The van der Waals surface area contributed by atoms with E-state index in [0.29, 0.717) is 16.9 Å². The lowest BCUT2D eigenvalue weighted by molar-refractivity contribution is -0.114. The molecule has 0 aromatic heterocycles. The van der Waals surface area contributed by atoms with Gasteiger partial charge in [-0.1, -0.05) is 15.9 Å². The van der Waals surface area contributed by atoms with Crippen molar-refractivity contribution in [1.29, 1.82) is 5.26 Å². The first kappa shape index (κ1) is 27.9. The number of rotatable bonds is 8. The van der Waals surface area contributed by atoms with Crippen molar-refractivity contribution in [1.82, 2.24) is 0 Å². The summed E-state index contributed by atoms with van der Waals surface area (Å²) < 4.78 is 37.4. The molecule has 0 heterocycles.